The monoisotopic (exact) mass is 595 g/mol. The zero-order valence-electron chi connectivity index (χ0n) is 21.1. The summed E-state index contributed by atoms with van der Waals surface area (Å²) >= 11 is 13.7. The number of carbonyl (C=O) groups excluding carboxylic acids is 3. The number of esters is 1. The maximum Gasteiger partial charge on any atom is 0.306 e. The van der Waals surface area contributed by atoms with E-state index in [1.165, 1.54) is 11.8 Å². The third kappa shape index (κ3) is 5.39. The molecule has 9 nitrogen and oxygen atoms in total. The molecule has 204 valence electrons. The number of aliphatic imine (C=N–C) groups is 1. The van der Waals surface area contributed by atoms with Crippen molar-refractivity contribution in [3.63, 3.8) is 0 Å². The lowest BCUT2D eigenvalue weighted by Crippen LogP contribution is -2.51. The summed E-state index contributed by atoms with van der Waals surface area (Å²) in [6, 6.07) is 12.9. The van der Waals surface area contributed by atoms with Crippen LogP contribution in [0.15, 0.2) is 58.6 Å². The average molecular weight is 596 g/mol. The van der Waals surface area contributed by atoms with E-state index in [0.29, 0.717) is 64.8 Å². The Kier molecular flexibility index (Phi) is 7.39. The molecule has 0 radical (unpaired) electrons. The van der Waals surface area contributed by atoms with Crippen molar-refractivity contribution in [2.75, 3.05) is 31.1 Å². The molecule has 0 saturated carbocycles. The van der Waals surface area contributed by atoms with Crippen molar-refractivity contribution in [3.8, 4) is 0 Å². The van der Waals surface area contributed by atoms with Gasteiger partial charge in [-0.25, -0.2) is 4.99 Å². The number of thioether (sulfide) groups is 1. The van der Waals surface area contributed by atoms with Crippen LogP contribution in [0.25, 0.3) is 17.0 Å². The van der Waals surface area contributed by atoms with Gasteiger partial charge in [-0.1, -0.05) is 35.3 Å². The van der Waals surface area contributed by atoms with Crippen molar-refractivity contribution in [1.82, 2.24) is 15.2 Å². The number of pyridine rings is 1. The first-order valence-electron chi connectivity index (χ1n) is 12.7. The number of piperazine rings is 1. The fraction of sp³-hybridized carbons (Fsp3) is 0.250. The van der Waals surface area contributed by atoms with Crippen LogP contribution >= 0.6 is 35.0 Å². The maximum absolute atomic E-state index is 12.8. The Balaban J connectivity index is 1.20. The van der Waals surface area contributed by atoms with Crippen LogP contribution in [0.5, 0.6) is 0 Å². The number of hydrogen-bond acceptors (Lipinski definition) is 8. The van der Waals surface area contributed by atoms with E-state index in [1.807, 2.05) is 30.3 Å². The number of carbonyl (C=O) groups is 3. The van der Waals surface area contributed by atoms with Gasteiger partial charge in [0.25, 0.3) is 11.8 Å². The number of benzene rings is 2. The quantitative estimate of drug-likeness (QED) is 0.341. The molecule has 1 atom stereocenters. The normalized spacial score (nSPS) is 21.4. The molecule has 12 heteroatoms. The summed E-state index contributed by atoms with van der Waals surface area (Å²) in [5.41, 5.74) is 3.08. The molecular weight excluding hydrogens is 573 g/mol. The number of amidine groups is 1. The first-order valence-corrected chi connectivity index (χ1v) is 14.3. The molecule has 3 aromatic rings. The van der Waals surface area contributed by atoms with E-state index in [1.54, 1.807) is 29.3 Å². The second-order valence-electron chi connectivity index (χ2n) is 9.49. The van der Waals surface area contributed by atoms with Gasteiger partial charge >= 0.3 is 5.97 Å². The molecule has 3 aliphatic heterocycles. The van der Waals surface area contributed by atoms with Crippen molar-refractivity contribution in [2.45, 2.75) is 18.9 Å². The van der Waals surface area contributed by atoms with Gasteiger partial charge in [0, 0.05) is 56.3 Å². The number of halogens is 2. The minimum absolute atomic E-state index is 0.119. The number of rotatable bonds is 4. The Bertz CT molecular complexity index is 1580. The molecular formula is C28H23Cl2N5O4S. The van der Waals surface area contributed by atoms with Crippen LogP contribution in [0.1, 0.15) is 18.4 Å². The van der Waals surface area contributed by atoms with Crippen LogP contribution < -0.4 is 10.2 Å². The van der Waals surface area contributed by atoms with Crippen LogP contribution in [0.3, 0.4) is 0 Å². The summed E-state index contributed by atoms with van der Waals surface area (Å²) in [6.45, 7) is 2.35. The van der Waals surface area contributed by atoms with E-state index in [2.05, 4.69) is 20.2 Å². The summed E-state index contributed by atoms with van der Waals surface area (Å²) in [5.74, 6) is -0.689. The van der Waals surface area contributed by atoms with Gasteiger partial charge in [-0.3, -0.25) is 19.4 Å². The minimum atomic E-state index is -0.658. The number of nitrogens with one attached hydrogen (secondary N) is 1. The van der Waals surface area contributed by atoms with E-state index in [0.717, 1.165) is 22.2 Å². The highest BCUT2D eigenvalue weighted by Gasteiger charge is 2.34. The SMILES string of the molecule is O=C1CCC(C(=O)N2CCN(c3ccnc4ccc(C=C5SC(=Nc6c(Cl)cccc6Cl)NC5=O)cc34)CC2)O1. The van der Waals surface area contributed by atoms with Gasteiger partial charge in [0.1, 0.15) is 5.69 Å². The third-order valence-corrected chi connectivity index (χ3v) is 8.45. The van der Waals surface area contributed by atoms with Crippen LogP contribution in [0, 0.1) is 0 Å². The summed E-state index contributed by atoms with van der Waals surface area (Å²) in [4.78, 5) is 50.3. The van der Waals surface area contributed by atoms with Gasteiger partial charge in [0.2, 0.25) is 0 Å². The maximum atomic E-state index is 12.8. The fourth-order valence-electron chi connectivity index (χ4n) is 4.91. The van der Waals surface area contributed by atoms with Gasteiger partial charge in [0.05, 0.1) is 20.5 Å². The van der Waals surface area contributed by atoms with Crippen molar-refractivity contribution >= 4 is 86.3 Å². The molecule has 40 heavy (non-hydrogen) atoms. The third-order valence-electron chi connectivity index (χ3n) is 6.93. The first kappa shape index (κ1) is 26.6. The van der Waals surface area contributed by atoms with E-state index in [4.69, 9.17) is 27.9 Å². The number of para-hydroxylation sites is 1. The van der Waals surface area contributed by atoms with E-state index in [9.17, 15) is 14.4 Å². The van der Waals surface area contributed by atoms with Gasteiger partial charge in [-0.05, 0) is 53.7 Å². The fourth-order valence-corrected chi connectivity index (χ4v) is 6.22. The molecule has 3 fully saturated rings. The molecule has 6 rings (SSSR count). The average Bonchev–Trinajstić information content (AvgIpc) is 3.54. The molecule has 2 aromatic carbocycles. The number of anilines is 1. The number of fused-ring (bicyclic) bond motifs is 1. The lowest BCUT2D eigenvalue weighted by Gasteiger charge is -2.37. The Labute approximate surface area is 244 Å². The number of ether oxygens (including phenoxy) is 1. The first-order chi connectivity index (χ1) is 19.4. The van der Waals surface area contributed by atoms with Gasteiger partial charge < -0.3 is 19.9 Å². The highest BCUT2D eigenvalue weighted by Crippen LogP contribution is 2.36. The number of nitrogens with zero attached hydrogens (tertiary/aromatic N) is 4. The predicted octanol–water partition coefficient (Wildman–Crippen LogP) is 4.79. The minimum Gasteiger partial charge on any atom is -0.452 e. The summed E-state index contributed by atoms with van der Waals surface area (Å²) in [5, 5.41) is 4.91. The van der Waals surface area contributed by atoms with Crippen LogP contribution in [0.4, 0.5) is 11.4 Å². The number of cyclic esters (lactones) is 1. The Morgan fingerprint density at radius 2 is 1.88 bits per heavy atom. The molecule has 1 N–H and O–H groups in total. The second kappa shape index (κ2) is 11.1. The lowest BCUT2D eigenvalue weighted by molar-refractivity contribution is -0.153. The molecule has 1 aromatic heterocycles. The summed E-state index contributed by atoms with van der Waals surface area (Å²) < 4.78 is 5.16. The molecule has 0 spiro atoms. The Hall–Kier alpha value is -3.60. The van der Waals surface area contributed by atoms with Crippen molar-refractivity contribution in [2.24, 2.45) is 4.99 Å². The highest BCUT2D eigenvalue weighted by molar-refractivity contribution is 8.18. The molecule has 3 saturated heterocycles. The number of hydrogen-bond donors (Lipinski definition) is 1. The molecule has 0 aliphatic carbocycles. The topological polar surface area (TPSA) is 104 Å². The summed E-state index contributed by atoms with van der Waals surface area (Å²) in [6.07, 6.45) is 3.67. The van der Waals surface area contributed by atoms with Crippen molar-refractivity contribution in [1.29, 1.82) is 0 Å². The lowest BCUT2D eigenvalue weighted by atomic mass is 10.1. The zero-order valence-corrected chi connectivity index (χ0v) is 23.4. The largest absolute Gasteiger partial charge is 0.452 e. The van der Waals surface area contributed by atoms with E-state index >= 15 is 0 Å². The van der Waals surface area contributed by atoms with Gasteiger partial charge in [-0.15, -0.1) is 0 Å². The standard InChI is InChI=1S/C28H23Cl2N5O4S/c29-18-2-1-3-19(30)25(18)32-28-33-26(37)23(40-28)15-16-4-5-20-17(14-16)21(8-9-31-20)34-10-12-35(13-11-34)27(38)22-6-7-24(36)39-22/h1-5,8-9,14-15,22H,6-7,10-13H2,(H,32,33,37). The smallest absolute Gasteiger partial charge is 0.306 e. The van der Waals surface area contributed by atoms with Crippen LogP contribution in [-0.2, 0) is 19.1 Å². The molecule has 2 amide bonds. The molecule has 3 aliphatic rings. The highest BCUT2D eigenvalue weighted by atomic mass is 35.5. The van der Waals surface area contributed by atoms with Crippen LogP contribution in [0.2, 0.25) is 10.0 Å². The Morgan fingerprint density at radius 3 is 2.60 bits per heavy atom. The molecule has 1 unspecified atom stereocenters. The molecule has 4 heterocycles. The number of amides is 2. The van der Waals surface area contributed by atoms with E-state index in [-0.39, 0.29) is 17.8 Å². The predicted molar refractivity (Wildman–Crippen MR) is 157 cm³/mol. The Morgan fingerprint density at radius 1 is 1.10 bits per heavy atom. The van der Waals surface area contributed by atoms with Crippen molar-refractivity contribution in [3.05, 3.63) is 69.2 Å². The van der Waals surface area contributed by atoms with E-state index < -0.39 is 6.10 Å². The molecule has 0 bridgehead atoms. The van der Waals surface area contributed by atoms with Gasteiger partial charge in [0.15, 0.2) is 11.3 Å². The van der Waals surface area contributed by atoms with Crippen molar-refractivity contribution < 1.29 is 19.1 Å². The van der Waals surface area contributed by atoms with Crippen LogP contribution in [-0.4, -0.2) is 65.1 Å². The summed E-state index contributed by atoms with van der Waals surface area (Å²) in [7, 11) is 0. The zero-order chi connectivity index (χ0) is 27.8. The van der Waals surface area contributed by atoms with Gasteiger partial charge in [-0.2, -0.15) is 0 Å². The number of aromatic nitrogens is 1. The second-order valence-corrected chi connectivity index (χ2v) is 11.3.